The van der Waals surface area contributed by atoms with Crippen molar-refractivity contribution in [3.05, 3.63) is 117 Å². The Balaban J connectivity index is 1.54. The summed E-state index contributed by atoms with van der Waals surface area (Å²) in [4.78, 5) is 37.0. The highest BCUT2D eigenvalue weighted by Gasteiger charge is 2.56. The van der Waals surface area contributed by atoms with E-state index in [1.54, 1.807) is 41.9 Å². The van der Waals surface area contributed by atoms with Gasteiger partial charge >= 0.3 is 0 Å². The Morgan fingerprint density at radius 3 is 2.55 bits per heavy atom. The predicted octanol–water partition coefficient (Wildman–Crippen LogP) is 4.32. The highest BCUT2D eigenvalue weighted by atomic mass is 35.5. The zero-order valence-electron chi connectivity index (χ0n) is 22.2. The van der Waals surface area contributed by atoms with Crippen molar-refractivity contribution in [1.82, 2.24) is 19.4 Å². The molecule has 0 spiro atoms. The van der Waals surface area contributed by atoms with E-state index < -0.39 is 35.5 Å². The van der Waals surface area contributed by atoms with Crippen LogP contribution in [0.5, 0.6) is 0 Å². The number of benzene rings is 2. The third kappa shape index (κ3) is 4.63. The van der Waals surface area contributed by atoms with Crippen LogP contribution < -0.4 is 0 Å². The molecule has 1 saturated heterocycles. The molecule has 2 aliphatic rings. The summed E-state index contributed by atoms with van der Waals surface area (Å²) in [5.74, 6) is -2.15. The number of carbonyl (C=O) groups excluding carboxylic acids is 2. The maximum absolute atomic E-state index is 16.4. The first-order chi connectivity index (χ1) is 20.1. The second kappa shape index (κ2) is 10.4. The van der Waals surface area contributed by atoms with E-state index >= 15 is 8.78 Å². The van der Waals surface area contributed by atoms with E-state index in [0.717, 1.165) is 6.07 Å². The van der Waals surface area contributed by atoms with Crippen LogP contribution in [0.15, 0.2) is 67.3 Å². The van der Waals surface area contributed by atoms with Crippen molar-refractivity contribution in [2.45, 2.75) is 17.9 Å². The summed E-state index contributed by atoms with van der Waals surface area (Å²) in [6, 6.07) is 13.6. The number of halogens is 3. The number of carbonyl (C=O) groups is 2. The lowest BCUT2D eigenvalue weighted by atomic mass is 9.90. The normalized spacial score (nSPS) is 18.8. The molecule has 6 rings (SSSR count). The lowest BCUT2D eigenvalue weighted by Crippen LogP contribution is -2.54. The molecule has 0 N–H and O–H groups in total. The van der Waals surface area contributed by atoms with Crippen LogP contribution in [0.1, 0.15) is 48.8 Å². The number of aryl methyl sites for hydroxylation is 1. The van der Waals surface area contributed by atoms with Crippen LogP contribution >= 0.6 is 11.6 Å². The minimum atomic E-state index is -1.96. The molecule has 212 valence electrons. The molecule has 1 amide bonds. The number of alkyl halides is 1. The fourth-order valence-corrected chi connectivity index (χ4v) is 5.26. The van der Waals surface area contributed by atoms with E-state index in [1.807, 2.05) is 6.07 Å². The maximum atomic E-state index is 16.4. The van der Waals surface area contributed by atoms with Crippen molar-refractivity contribution >= 4 is 23.3 Å². The van der Waals surface area contributed by atoms with Crippen molar-refractivity contribution in [3.63, 3.8) is 0 Å². The van der Waals surface area contributed by atoms with Gasteiger partial charge in [0, 0.05) is 35.6 Å². The van der Waals surface area contributed by atoms with Crippen LogP contribution in [0, 0.1) is 17.1 Å². The van der Waals surface area contributed by atoms with Gasteiger partial charge in [0.1, 0.15) is 17.6 Å². The maximum Gasteiger partial charge on any atom is 0.257 e. The van der Waals surface area contributed by atoms with Crippen LogP contribution in [0.25, 0.3) is 0 Å². The van der Waals surface area contributed by atoms with Crippen LogP contribution in [0.4, 0.5) is 8.78 Å². The lowest BCUT2D eigenvalue weighted by Gasteiger charge is -2.42. The third-order valence-corrected chi connectivity index (χ3v) is 7.51. The van der Waals surface area contributed by atoms with E-state index in [9.17, 15) is 14.9 Å². The van der Waals surface area contributed by atoms with Crippen LogP contribution in [0.3, 0.4) is 0 Å². The number of amides is 1. The quantitative estimate of drug-likeness (QED) is 0.281. The number of imidazole rings is 1. The second-order valence-corrected chi connectivity index (χ2v) is 10.7. The zero-order valence-corrected chi connectivity index (χ0v) is 22.9. The standard InChI is InChI=1S/C30H22ClF2N5O4/c1-37-13-25(36-17-37)27(39)19-8-23-26(24(32)9-19)30(20-3-5-21(31)6-4-20,42-16-29(33)14-41-15-29)38(28(23)40)12-22-7-2-18(10-34)11-35-22/h2-9,11,13,17H,12,14-16H2,1H3. The number of fused-ring (bicyclic) bond motifs is 1. The molecule has 2 aromatic carbocycles. The molecule has 12 heteroatoms. The number of rotatable bonds is 8. The van der Waals surface area contributed by atoms with Gasteiger partial charge in [-0.15, -0.1) is 0 Å². The molecular formula is C30H22ClF2N5O4. The highest BCUT2D eigenvalue weighted by molar-refractivity contribution is 6.30. The number of ether oxygens (including phenoxy) is 2. The summed E-state index contributed by atoms with van der Waals surface area (Å²) in [6.45, 7) is -1.16. The molecule has 1 fully saturated rings. The van der Waals surface area contributed by atoms with Gasteiger partial charge in [-0.2, -0.15) is 5.26 Å². The van der Waals surface area contributed by atoms with Gasteiger partial charge in [-0.1, -0.05) is 23.7 Å². The van der Waals surface area contributed by atoms with Gasteiger partial charge in [-0.25, -0.2) is 13.8 Å². The monoisotopic (exact) mass is 589 g/mol. The zero-order chi connectivity index (χ0) is 29.6. The number of hydrogen-bond acceptors (Lipinski definition) is 7. The number of nitrogens with zero attached hydrogens (tertiary/aromatic N) is 5. The number of aromatic nitrogens is 3. The van der Waals surface area contributed by atoms with Crippen LogP contribution in [-0.4, -0.2) is 56.6 Å². The molecule has 1 atom stereocenters. The number of ketones is 1. The van der Waals surface area contributed by atoms with Gasteiger partial charge in [0.15, 0.2) is 11.4 Å². The Morgan fingerprint density at radius 2 is 1.95 bits per heavy atom. The van der Waals surface area contributed by atoms with Gasteiger partial charge in [0.25, 0.3) is 5.91 Å². The van der Waals surface area contributed by atoms with E-state index in [1.165, 1.54) is 35.8 Å². The molecule has 2 aromatic heterocycles. The smallest absolute Gasteiger partial charge is 0.257 e. The number of nitriles is 1. The molecule has 0 radical (unpaired) electrons. The molecule has 4 aromatic rings. The molecule has 9 nitrogen and oxygen atoms in total. The molecule has 0 aliphatic carbocycles. The summed E-state index contributed by atoms with van der Waals surface area (Å²) in [5.41, 5.74) is -3.15. The summed E-state index contributed by atoms with van der Waals surface area (Å²) >= 11 is 6.16. The molecule has 0 saturated carbocycles. The summed E-state index contributed by atoms with van der Waals surface area (Å²) in [5, 5.41) is 9.56. The Hall–Kier alpha value is -4.50. The summed E-state index contributed by atoms with van der Waals surface area (Å²) in [6.07, 6.45) is 4.27. The van der Waals surface area contributed by atoms with Crippen LogP contribution in [-0.2, 0) is 28.8 Å². The number of pyridine rings is 1. The topological polar surface area (TPSA) is 110 Å². The third-order valence-electron chi connectivity index (χ3n) is 7.26. The van der Waals surface area contributed by atoms with Gasteiger partial charge < -0.3 is 14.0 Å². The molecular weight excluding hydrogens is 568 g/mol. The van der Waals surface area contributed by atoms with Crippen molar-refractivity contribution in [2.24, 2.45) is 7.05 Å². The Bertz CT molecular complexity index is 1750. The van der Waals surface area contributed by atoms with Crippen molar-refractivity contribution in [1.29, 1.82) is 5.26 Å². The van der Waals surface area contributed by atoms with Crippen molar-refractivity contribution < 1.29 is 27.8 Å². The first-order valence-electron chi connectivity index (χ1n) is 12.8. The van der Waals surface area contributed by atoms with Gasteiger partial charge in [-0.3, -0.25) is 19.5 Å². The van der Waals surface area contributed by atoms with Gasteiger partial charge in [0.05, 0.1) is 55.1 Å². The predicted molar refractivity (Wildman–Crippen MR) is 145 cm³/mol. The summed E-state index contributed by atoms with van der Waals surface area (Å²) in [7, 11) is 1.69. The van der Waals surface area contributed by atoms with E-state index in [0.29, 0.717) is 21.8 Å². The van der Waals surface area contributed by atoms with Crippen molar-refractivity contribution in [2.75, 3.05) is 19.8 Å². The fourth-order valence-electron chi connectivity index (χ4n) is 5.13. The van der Waals surface area contributed by atoms with E-state index in [-0.39, 0.29) is 42.1 Å². The average Bonchev–Trinajstić information content (AvgIpc) is 3.51. The summed E-state index contributed by atoms with van der Waals surface area (Å²) < 4.78 is 44.6. The van der Waals surface area contributed by atoms with Gasteiger partial charge in [-0.05, 0) is 36.4 Å². The molecule has 42 heavy (non-hydrogen) atoms. The molecule has 0 bridgehead atoms. The Labute approximate surface area is 243 Å². The first kappa shape index (κ1) is 27.7. The van der Waals surface area contributed by atoms with Gasteiger partial charge in [0.2, 0.25) is 5.78 Å². The Kier molecular flexibility index (Phi) is 6.85. The largest absolute Gasteiger partial charge is 0.374 e. The number of hydrogen-bond donors (Lipinski definition) is 0. The molecule has 2 aliphatic heterocycles. The first-order valence-corrected chi connectivity index (χ1v) is 13.2. The Morgan fingerprint density at radius 1 is 1.19 bits per heavy atom. The average molecular weight is 590 g/mol. The SMILES string of the molecule is Cn1cnc(C(=O)c2cc(F)c3c(c2)C(=O)N(Cc2ccc(C#N)cn2)C3(OCC2(F)COC2)c2ccc(Cl)cc2)c1. The minimum Gasteiger partial charge on any atom is -0.374 e. The second-order valence-electron chi connectivity index (χ2n) is 10.3. The highest BCUT2D eigenvalue weighted by Crippen LogP contribution is 2.48. The van der Waals surface area contributed by atoms with Crippen LogP contribution in [0.2, 0.25) is 5.02 Å². The lowest BCUT2D eigenvalue weighted by molar-refractivity contribution is -0.205. The molecule has 1 unspecified atom stereocenters. The molecule has 4 heterocycles. The van der Waals surface area contributed by atoms with E-state index in [4.69, 9.17) is 21.1 Å². The van der Waals surface area contributed by atoms with E-state index in [2.05, 4.69) is 9.97 Å². The minimum absolute atomic E-state index is 0.0745. The van der Waals surface area contributed by atoms with Crippen molar-refractivity contribution in [3.8, 4) is 6.07 Å². The fraction of sp³-hybridized carbons (Fsp3) is 0.233.